The van der Waals surface area contributed by atoms with Gasteiger partial charge in [-0.15, -0.1) is 0 Å². The zero-order valence-corrected chi connectivity index (χ0v) is 21.3. The highest BCUT2D eigenvalue weighted by Crippen LogP contribution is 2.64. The molecule has 188 valence electrons. The lowest BCUT2D eigenvalue weighted by Crippen LogP contribution is -2.54. The molecule has 35 heavy (non-hydrogen) atoms. The summed E-state index contributed by atoms with van der Waals surface area (Å²) >= 11 is 0. The predicted molar refractivity (Wildman–Crippen MR) is 129 cm³/mol. The van der Waals surface area contributed by atoms with Crippen LogP contribution in [0.15, 0.2) is 28.8 Å². The second-order valence-electron chi connectivity index (χ2n) is 10.7. The lowest BCUT2D eigenvalue weighted by Gasteiger charge is -2.39. The van der Waals surface area contributed by atoms with Gasteiger partial charge in [0.15, 0.2) is 0 Å². The van der Waals surface area contributed by atoms with Gasteiger partial charge in [0.2, 0.25) is 27.6 Å². The van der Waals surface area contributed by atoms with Crippen molar-refractivity contribution < 1.29 is 22.5 Å². The fraction of sp³-hybridized carbons (Fsp3) is 0.600. The molecule has 1 saturated heterocycles. The third kappa shape index (κ3) is 4.10. The van der Waals surface area contributed by atoms with Gasteiger partial charge in [-0.2, -0.15) is 9.29 Å². The molecule has 0 radical (unpaired) electrons. The van der Waals surface area contributed by atoms with Gasteiger partial charge in [0.1, 0.15) is 5.78 Å². The minimum atomic E-state index is -3.60. The Balaban J connectivity index is 1.18. The van der Waals surface area contributed by atoms with E-state index in [9.17, 15) is 18.0 Å². The first kappa shape index (κ1) is 24.1. The summed E-state index contributed by atoms with van der Waals surface area (Å²) in [5, 5.41) is 3.90. The average molecular weight is 501 g/mol. The number of Topliss-reactive ketones (excluding diaryl/α,β-unsaturated/α-hetero) is 1. The molecule has 9 nitrogen and oxygen atoms in total. The molecule has 2 heterocycles. The summed E-state index contributed by atoms with van der Waals surface area (Å²) in [7, 11) is -3.60. The number of sulfonamides is 1. The average Bonchev–Trinajstić information content (AvgIpc) is 3.41. The third-order valence-corrected chi connectivity index (χ3v) is 10.7. The molecular weight excluding hydrogens is 468 g/mol. The van der Waals surface area contributed by atoms with Gasteiger partial charge in [0.05, 0.1) is 12.2 Å². The van der Waals surface area contributed by atoms with E-state index >= 15 is 0 Å². The van der Waals surface area contributed by atoms with Crippen molar-refractivity contribution in [2.24, 2.45) is 16.7 Å². The van der Waals surface area contributed by atoms with Crippen molar-refractivity contribution >= 4 is 21.7 Å². The minimum absolute atomic E-state index is 0.0328. The summed E-state index contributed by atoms with van der Waals surface area (Å²) in [4.78, 5) is 31.6. The highest BCUT2D eigenvalue weighted by atomic mass is 32.2. The lowest BCUT2D eigenvalue weighted by molar-refractivity contribution is -0.131. The van der Waals surface area contributed by atoms with Gasteiger partial charge < -0.3 is 9.42 Å². The van der Waals surface area contributed by atoms with Crippen LogP contribution in [0.3, 0.4) is 0 Å². The number of rotatable bonds is 6. The molecule has 2 atom stereocenters. The number of aryl methyl sites for hydroxylation is 1. The number of benzene rings is 1. The molecule has 2 unspecified atom stereocenters. The number of hydrogen-bond donors (Lipinski definition) is 0. The van der Waals surface area contributed by atoms with Crippen LogP contribution in [0.4, 0.5) is 0 Å². The van der Waals surface area contributed by atoms with Gasteiger partial charge in [-0.1, -0.05) is 43.3 Å². The summed E-state index contributed by atoms with van der Waals surface area (Å²) < 4.78 is 33.1. The van der Waals surface area contributed by atoms with Gasteiger partial charge in [-0.3, -0.25) is 9.59 Å². The molecule has 3 aliphatic rings. The topological polar surface area (TPSA) is 114 Å². The number of nitrogens with zero attached hydrogens (tertiary/aromatic N) is 4. The summed E-state index contributed by atoms with van der Waals surface area (Å²) in [6, 6.07) is 7.45. The number of aromatic nitrogens is 2. The summed E-state index contributed by atoms with van der Waals surface area (Å²) in [5.41, 5.74) is 0.628. The molecule has 0 N–H and O–H groups in total. The maximum atomic E-state index is 13.3. The molecule has 1 aromatic carbocycles. The van der Waals surface area contributed by atoms with Crippen LogP contribution >= 0.6 is 0 Å². The molecule has 1 aliphatic heterocycles. The van der Waals surface area contributed by atoms with Crippen LogP contribution < -0.4 is 0 Å². The van der Waals surface area contributed by atoms with E-state index in [1.165, 1.54) is 4.31 Å². The Morgan fingerprint density at radius 3 is 2.37 bits per heavy atom. The largest absolute Gasteiger partial charge is 0.340 e. The molecule has 5 rings (SSSR count). The van der Waals surface area contributed by atoms with Gasteiger partial charge in [-0.05, 0) is 29.7 Å². The Bertz CT molecular complexity index is 1240. The lowest BCUT2D eigenvalue weighted by atomic mass is 9.70. The van der Waals surface area contributed by atoms with Crippen LogP contribution in [0.2, 0.25) is 0 Å². The molecule has 1 amide bonds. The van der Waals surface area contributed by atoms with Crippen molar-refractivity contribution in [3.05, 3.63) is 35.7 Å². The summed E-state index contributed by atoms with van der Waals surface area (Å²) in [6.45, 7) is 7.06. The van der Waals surface area contributed by atoms with Crippen molar-refractivity contribution in [2.75, 3.05) is 31.9 Å². The first-order valence-corrected chi connectivity index (χ1v) is 13.8. The van der Waals surface area contributed by atoms with E-state index in [2.05, 4.69) is 24.0 Å². The quantitative estimate of drug-likeness (QED) is 0.599. The van der Waals surface area contributed by atoms with Crippen molar-refractivity contribution in [1.29, 1.82) is 0 Å². The monoisotopic (exact) mass is 500 g/mol. The fourth-order valence-corrected chi connectivity index (χ4v) is 8.40. The van der Waals surface area contributed by atoms with Crippen LogP contribution in [-0.2, 0) is 26.0 Å². The highest BCUT2D eigenvalue weighted by molar-refractivity contribution is 7.89. The smallest absolute Gasteiger partial charge is 0.227 e. The number of carbonyl (C=O) groups is 2. The van der Waals surface area contributed by atoms with Crippen LogP contribution in [-0.4, -0.2) is 71.4 Å². The zero-order chi connectivity index (χ0) is 25.0. The summed E-state index contributed by atoms with van der Waals surface area (Å²) in [6.07, 6.45) is 2.32. The van der Waals surface area contributed by atoms with E-state index in [4.69, 9.17) is 4.52 Å². The number of carbonyl (C=O) groups excluding carboxylic acids is 2. The van der Waals surface area contributed by atoms with Gasteiger partial charge in [0, 0.05) is 50.5 Å². The first-order chi connectivity index (χ1) is 16.5. The van der Waals surface area contributed by atoms with Crippen molar-refractivity contribution in [1.82, 2.24) is 19.3 Å². The molecule has 2 aliphatic carbocycles. The maximum absolute atomic E-state index is 13.3. The zero-order valence-electron chi connectivity index (χ0n) is 20.5. The molecule has 2 bridgehead atoms. The Morgan fingerprint density at radius 1 is 1.14 bits per heavy atom. The second kappa shape index (κ2) is 8.51. The molecule has 3 fully saturated rings. The number of hydrogen-bond acceptors (Lipinski definition) is 7. The Hall–Kier alpha value is -2.59. The number of amides is 1. The van der Waals surface area contributed by atoms with Crippen LogP contribution in [0.5, 0.6) is 0 Å². The number of piperazine rings is 1. The Morgan fingerprint density at radius 2 is 1.83 bits per heavy atom. The standard InChI is InChI=1S/C25H32N4O5S/c1-17-26-23(27-34-17)19-6-4-18(5-7-19)14-22(31)28-10-12-29(13-11-28)35(32,33)16-25-9-8-20(15-21(25)30)24(25,2)3/h4-7,20H,8-16H2,1-3H3. The van der Waals surface area contributed by atoms with E-state index in [1.54, 1.807) is 11.8 Å². The van der Waals surface area contributed by atoms with E-state index in [-0.39, 0.29) is 48.3 Å². The molecule has 2 saturated carbocycles. The van der Waals surface area contributed by atoms with Crippen molar-refractivity contribution in [2.45, 2.75) is 46.5 Å². The minimum Gasteiger partial charge on any atom is -0.340 e. The highest BCUT2D eigenvalue weighted by Gasteiger charge is 2.65. The van der Waals surface area contributed by atoms with Crippen LogP contribution in [0.1, 0.15) is 44.6 Å². The van der Waals surface area contributed by atoms with Gasteiger partial charge in [-0.25, -0.2) is 8.42 Å². The van der Waals surface area contributed by atoms with Crippen molar-refractivity contribution in [3.63, 3.8) is 0 Å². The predicted octanol–water partition coefficient (Wildman–Crippen LogP) is 2.46. The molecule has 2 aromatic rings. The second-order valence-corrected chi connectivity index (χ2v) is 12.7. The maximum Gasteiger partial charge on any atom is 0.227 e. The van der Waals surface area contributed by atoms with E-state index in [1.807, 2.05) is 24.3 Å². The van der Waals surface area contributed by atoms with Crippen LogP contribution in [0, 0.1) is 23.7 Å². The van der Waals surface area contributed by atoms with Crippen molar-refractivity contribution in [3.8, 4) is 11.4 Å². The van der Waals surface area contributed by atoms with Gasteiger partial charge in [0.25, 0.3) is 0 Å². The SMILES string of the molecule is Cc1nc(-c2ccc(CC(=O)N3CCN(S(=O)(=O)CC45CCC(CC4=O)C5(C)C)CC3)cc2)no1. The Kier molecular flexibility index (Phi) is 5.87. The fourth-order valence-electron chi connectivity index (χ4n) is 6.20. The van der Waals surface area contributed by atoms with E-state index in [0.29, 0.717) is 37.6 Å². The van der Waals surface area contributed by atoms with Gasteiger partial charge >= 0.3 is 0 Å². The van der Waals surface area contributed by atoms with E-state index < -0.39 is 15.4 Å². The Labute approximate surface area is 205 Å². The normalized spacial score (nSPS) is 26.4. The molecule has 1 aromatic heterocycles. The number of ketones is 1. The molecule has 0 spiro atoms. The first-order valence-electron chi connectivity index (χ1n) is 12.2. The molecular formula is C25H32N4O5S. The molecule has 10 heteroatoms. The summed E-state index contributed by atoms with van der Waals surface area (Å²) in [5.74, 6) is 1.25. The third-order valence-electron chi connectivity index (χ3n) is 8.65. The number of fused-ring (bicyclic) bond motifs is 2. The van der Waals surface area contributed by atoms with E-state index in [0.717, 1.165) is 17.5 Å². The van der Waals surface area contributed by atoms with Crippen LogP contribution in [0.25, 0.3) is 11.4 Å².